The first-order chi connectivity index (χ1) is 15.3. The lowest BCUT2D eigenvalue weighted by molar-refractivity contribution is -0.153. The largest absolute Gasteiger partial charge is 0.481 e. The van der Waals surface area contributed by atoms with E-state index in [0.717, 1.165) is 26.4 Å². The number of thiol groups is 1. The zero-order valence-electron chi connectivity index (χ0n) is 18.5. The molecule has 10 heteroatoms. The summed E-state index contributed by atoms with van der Waals surface area (Å²) in [4.78, 5) is 50.3. The number of carboxylic acids is 1. The number of imide groups is 1. The highest BCUT2D eigenvalue weighted by Gasteiger charge is 2.39. The molecule has 2 atom stereocenters. The van der Waals surface area contributed by atoms with Gasteiger partial charge in [0.05, 0.1) is 13.2 Å². The number of nitrogens with zero attached hydrogens (tertiary/aromatic N) is 1. The molecule has 0 aromatic heterocycles. The first-order valence-corrected chi connectivity index (χ1v) is 11.2. The van der Waals surface area contributed by atoms with Crippen molar-refractivity contribution < 1.29 is 33.8 Å². The number of methoxy groups -OCH3 is 1. The number of amides is 2. The van der Waals surface area contributed by atoms with Gasteiger partial charge < -0.3 is 19.9 Å². The number of ether oxygens (including phenoxy) is 2. The van der Waals surface area contributed by atoms with Crippen molar-refractivity contribution in [1.82, 2.24) is 10.2 Å². The van der Waals surface area contributed by atoms with E-state index in [1.165, 1.54) is 0 Å². The molecule has 9 nitrogen and oxygen atoms in total. The molecule has 1 aromatic rings. The molecule has 0 aliphatic rings. The van der Waals surface area contributed by atoms with Crippen LogP contribution >= 0.6 is 12.6 Å². The number of hydrogen-bond acceptors (Lipinski definition) is 8. The van der Waals surface area contributed by atoms with E-state index in [-0.39, 0.29) is 18.8 Å². The molecule has 0 aliphatic heterocycles. The summed E-state index contributed by atoms with van der Waals surface area (Å²) in [6.07, 6.45) is 0.993. The van der Waals surface area contributed by atoms with Crippen LogP contribution in [-0.2, 0) is 30.5 Å². The van der Waals surface area contributed by atoms with Crippen molar-refractivity contribution in [2.45, 2.75) is 57.7 Å². The summed E-state index contributed by atoms with van der Waals surface area (Å²) in [6, 6.07) is 6.53. The summed E-state index contributed by atoms with van der Waals surface area (Å²) in [5.74, 6) is -2.73. The average molecular weight is 469 g/mol. The summed E-state index contributed by atoms with van der Waals surface area (Å²) >= 11 is 4.21. The number of benzene rings is 1. The molecule has 0 spiro atoms. The maximum atomic E-state index is 13.3. The van der Waals surface area contributed by atoms with Gasteiger partial charge in [0.2, 0.25) is 0 Å². The van der Waals surface area contributed by atoms with Crippen LogP contribution in [0, 0.1) is 0 Å². The standard InChI is InChI=1S/C22H32N2O7S/c1-3-4-8-13-23-17(15-32)20(27)24(18(21(28)30-2)11-12-19(25)26)22(29)31-14-16-9-6-5-7-10-16/h5-7,9-10,17-18,23,32H,3-4,8,11-15H2,1-2H3,(H,25,26). The Kier molecular flexibility index (Phi) is 13.1. The van der Waals surface area contributed by atoms with E-state index in [1.807, 2.05) is 6.07 Å². The zero-order chi connectivity index (χ0) is 23.9. The van der Waals surface area contributed by atoms with Crippen molar-refractivity contribution >= 4 is 36.6 Å². The Morgan fingerprint density at radius 1 is 1.16 bits per heavy atom. The maximum absolute atomic E-state index is 13.3. The van der Waals surface area contributed by atoms with Crippen LogP contribution in [0.15, 0.2) is 30.3 Å². The minimum absolute atomic E-state index is 0.0697. The lowest BCUT2D eigenvalue weighted by Gasteiger charge is -2.30. The number of carbonyl (C=O) groups is 4. The fourth-order valence-corrected chi connectivity index (χ4v) is 3.24. The summed E-state index contributed by atoms with van der Waals surface area (Å²) < 4.78 is 10.0. The third kappa shape index (κ3) is 9.27. The van der Waals surface area contributed by atoms with Gasteiger partial charge in [-0.25, -0.2) is 14.5 Å². The quantitative estimate of drug-likeness (QED) is 0.216. The number of rotatable bonds is 14. The second-order valence-corrected chi connectivity index (χ2v) is 7.48. The Balaban J connectivity index is 3.11. The Labute approximate surface area is 193 Å². The van der Waals surface area contributed by atoms with Crippen molar-refractivity contribution in [1.29, 1.82) is 0 Å². The summed E-state index contributed by atoms with van der Waals surface area (Å²) in [7, 11) is 1.10. The lowest BCUT2D eigenvalue weighted by atomic mass is 10.1. The first-order valence-electron chi connectivity index (χ1n) is 10.5. The third-order valence-electron chi connectivity index (χ3n) is 4.71. The van der Waals surface area contributed by atoms with Gasteiger partial charge in [0.25, 0.3) is 5.91 Å². The molecule has 32 heavy (non-hydrogen) atoms. The van der Waals surface area contributed by atoms with Crippen LogP contribution in [0.1, 0.15) is 44.6 Å². The molecule has 1 rings (SSSR count). The molecule has 0 heterocycles. The van der Waals surface area contributed by atoms with Gasteiger partial charge in [-0.05, 0) is 24.9 Å². The lowest BCUT2D eigenvalue weighted by Crippen LogP contribution is -2.56. The Morgan fingerprint density at radius 2 is 1.84 bits per heavy atom. The summed E-state index contributed by atoms with van der Waals surface area (Å²) in [5.41, 5.74) is 0.692. The Hall–Kier alpha value is -2.59. The normalized spacial score (nSPS) is 12.5. The van der Waals surface area contributed by atoms with E-state index in [1.54, 1.807) is 24.3 Å². The third-order valence-corrected chi connectivity index (χ3v) is 5.07. The minimum Gasteiger partial charge on any atom is -0.481 e. The fourth-order valence-electron chi connectivity index (χ4n) is 2.96. The second kappa shape index (κ2) is 15.3. The van der Waals surface area contributed by atoms with Crippen LogP contribution in [0.5, 0.6) is 0 Å². The van der Waals surface area contributed by atoms with E-state index in [9.17, 15) is 19.2 Å². The predicted molar refractivity (Wildman–Crippen MR) is 121 cm³/mol. The molecular weight excluding hydrogens is 436 g/mol. The molecule has 0 saturated heterocycles. The molecule has 2 N–H and O–H groups in total. The Morgan fingerprint density at radius 3 is 2.41 bits per heavy atom. The van der Waals surface area contributed by atoms with Crippen LogP contribution in [0.2, 0.25) is 0 Å². The van der Waals surface area contributed by atoms with Gasteiger partial charge in [0.1, 0.15) is 12.6 Å². The number of carboxylic acid groups (broad SMARTS) is 1. The van der Waals surface area contributed by atoms with Gasteiger partial charge in [-0.2, -0.15) is 12.6 Å². The number of nitrogens with one attached hydrogen (secondary N) is 1. The Bertz CT molecular complexity index is 745. The van der Waals surface area contributed by atoms with Crippen LogP contribution in [0.3, 0.4) is 0 Å². The van der Waals surface area contributed by atoms with Crippen molar-refractivity contribution in [3.05, 3.63) is 35.9 Å². The fraction of sp³-hybridized carbons (Fsp3) is 0.545. The molecule has 2 unspecified atom stereocenters. The molecule has 0 radical (unpaired) electrons. The number of carbonyl (C=O) groups excluding carboxylic acids is 3. The van der Waals surface area contributed by atoms with Gasteiger partial charge in [0, 0.05) is 12.2 Å². The molecule has 0 fully saturated rings. The SMILES string of the molecule is CCCCCNC(CS)C(=O)N(C(=O)OCc1ccccc1)C(CCC(=O)O)C(=O)OC. The molecule has 2 amide bonds. The van der Waals surface area contributed by atoms with E-state index >= 15 is 0 Å². The average Bonchev–Trinajstić information content (AvgIpc) is 2.80. The van der Waals surface area contributed by atoms with Crippen LogP contribution < -0.4 is 5.32 Å². The molecular formula is C22H32N2O7S. The van der Waals surface area contributed by atoms with Gasteiger partial charge in [-0.15, -0.1) is 0 Å². The highest BCUT2D eigenvalue weighted by molar-refractivity contribution is 7.80. The second-order valence-electron chi connectivity index (χ2n) is 7.12. The zero-order valence-corrected chi connectivity index (χ0v) is 19.4. The molecule has 178 valence electrons. The topological polar surface area (TPSA) is 122 Å². The molecule has 1 aromatic carbocycles. The maximum Gasteiger partial charge on any atom is 0.417 e. The van der Waals surface area contributed by atoms with Crippen molar-refractivity contribution in [2.75, 3.05) is 19.4 Å². The molecule has 0 aliphatic carbocycles. The number of aliphatic carboxylic acids is 1. The van der Waals surface area contributed by atoms with Crippen LogP contribution in [0.4, 0.5) is 4.79 Å². The highest BCUT2D eigenvalue weighted by Crippen LogP contribution is 2.15. The monoisotopic (exact) mass is 468 g/mol. The molecule has 0 saturated carbocycles. The van der Waals surface area contributed by atoms with E-state index in [2.05, 4.69) is 24.9 Å². The number of unbranched alkanes of at least 4 members (excludes halogenated alkanes) is 2. The van der Waals surface area contributed by atoms with Gasteiger partial charge in [-0.1, -0.05) is 50.1 Å². The van der Waals surface area contributed by atoms with Crippen molar-refractivity contribution in [2.24, 2.45) is 0 Å². The van der Waals surface area contributed by atoms with Gasteiger partial charge in [0.15, 0.2) is 0 Å². The van der Waals surface area contributed by atoms with E-state index in [0.29, 0.717) is 17.0 Å². The minimum atomic E-state index is -1.44. The highest BCUT2D eigenvalue weighted by atomic mass is 32.1. The van der Waals surface area contributed by atoms with Crippen molar-refractivity contribution in [3.63, 3.8) is 0 Å². The van der Waals surface area contributed by atoms with Crippen LogP contribution in [-0.4, -0.2) is 65.4 Å². The van der Waals surface area contributed by atoms with Gasteiger partial charge in [-0.3, -0.25) is 9.59 Å². The van der Waals surface area contributed by atoms with Crippen LogP contribution in [0.25, 0.3) is 0 Å². The van der Waals surface area contributed by atoms with Gasteiger partial charge >= 0.3 is 18.0 Å². The number of esters is 1. The summed E-state index contributed by atoms with van der Waals surface area (Å²) in [6.45, 7) is 2.45. The van der Waals surface area contributed by atoms with E-state index < -0.39 is 42.4 Å². The summed E-state index contributed by atoms with van der Waals surface area (Å²) in [5, 5.41) is 12.1. The van der Waals surface area contributed by atoms with Crippen molar-refractivity contribution in [3.8, 4) is 0 Å². The first kappa shape index (κ1) is 27.4. The predicted octanol–water partition coefficient (Wildman–Crippen LogP) is 2.64. The number of hydrogen-bond donors (Lipinski definition) is 3. The molecule has 0 bridgehead atoms. The van der Waals surface area contributed by atoms with E-state index in [4.69, 9.17) is 14.6 Å². The smallest absolute Gasteiger partial charge is 0.417 e.